The average Bonchev–Trinajstić information content (AvgIpc) is 2.32. The third-order valence-electron chi connectivity index (χ3n) is 2.77. The van der Waals surface area contributed by atoms with Crippen LogP contribution in [0.5, 0.6) is 5.75 Å². The number of rotatable bonds is 3. The summed E-state index contributed by atoms with van der Waals surface area (Å²) in [4.78, 5) is 0. The summed E-state index contributed by atoms with van der Waals surface area (Å²) < 4.78 is 31.4. The van der Waals surface area contributed by atoms with E-state index in [4.69, 9.17) is 4.74 Å². The summed E-state index contributed by atoms with van der Waals surface area (Å²) in [5, 5.41) is 3.28. The van der Waals surface area contributed by atoms with Crippen molar-refractivity contribution in [1.82, 2.24) is 5.32 Å². The molecule has 1 N–H and O–H groups in total. The minimum Gasteiger partial charge on any atom is -0.489 e. The molecule has 1 fully saturated rings. The maximum absolute atomic E-state index is 13.2. The van der Waals surface area contributed by atoms with E-state index in [1.54, 1.807) is 0 Å². The quantitative estimate of drug-likeness (QED) is 0.856. The second kappa shape index (κ2) is 5.25. The van der Waals surface area contributed by atoms with Gasteiger partial charge in [-0.2, -0.15) is 4.39 Å². The summed E-state index contributed by atoms with van der Waals surface area (Å²) in [5.74, 6) is -1.78. The van der Waals surface area contributed by atoms with Crippen LogP contribution in [0.25, 0.3) is 0 Å². The second-order valence-electron chi connectivity index (χ2n) is 4.01. The lowest BCUT2D eigenvalue weighted by molar-refractivity contribution is 0.228. The van der Waals surface area contributed by atoms with E-state index in [0.29, 0.717) is 6.61 Å². The number of halogens is 2. The molecular weight excluding hydrogens is 212 g/mol. The fraction of sp³-hybridized carbons (Fsp3) is 0.500. The van der Waals surface area contributed by atoms with Crippen molar-refractivity contribution in [2.24, 2.45) is 0 Å². The Morgan fingerprint density at radius 3 is 2.94 bits per heavy atom. The van der Waals surface area contributed by atoms with Crippen molar-refractivity contribution in [2.45, 2.75) is 25.3 Å². The molecule has 1 aliphatic rings. The van der Waals surface area contributed by atoms with Gasteiger partial charge in [-0.25, -0.2) is 4.39 Å². The molecule has 16 heavy (non-hydrogen) atoms. The predicted molar refractivity (Wildman–Crippen MR) is 57.5 cm³/mol. The Hall–Kier alpha value is -1.16. The van der Waals surface area contributed by atoms with E-state index in [9.17, 15) is 8.78 Å². The number of hydrogen-bond donors (Lipinski definition) is 1. The van der Waals surface area contributed by atoms with Gasteiger partial charge in [-0.05, 0) is 31.5 Å². The summed E-state index contributed by atoms with van der Waals surface area (Å²) >= 11 is 0. The molecule has 0 bridgehead atoms. The molecule has 0 aliphatic carbocycles. The zero-order valence-electron chi connectivity index (χ0n) is 9.01. The number of nitrogens with one attached hydrogen (secondary N) is 1. The van der Waals surface area contributed by atoms with Crippen LogP contribution in [0.2, 0.25) is 0 Å². The maximum atomic E-state index is 13.2. The molecule has 1 heterocycles. The Bertz CT molecular complexity index is 351. The van der Waals surface area contributed by atoms with Crippen LogP contribution in [0.4, 0.5) is 8.78 Å². The second-order valence-corrected chi connectivity index (χ2v) is 4.01. The lowest BCUT2D eigenvalue weighted by atomic mass is 10.1. The topological polar surface area (TPSA) is 21.3 Å². The highest BCUT2D eigenvalue weighted by atomic mass is 19.2. The summed E-state index contributed by atoms with van der Waals surface area (Å²) in [6.07, 6.45) is 3.36. The SMILES string of the molecule is Fc1cccc(OCC2CCCCN2)c1F. The summed E-state index contributed by atoms with van der Waals surface area (Å²) in [7, 11) is 0. The third kappa shape index (κ3) is 2.70. The van der Waals surface area contributed by atoms with E-state index < -0.39 is 11.6 Å². The number of hydrogen-bond acceptors (Lipinski definition) is 2. The molecule has 1 atom stereocenters. The van der Waals surface area contributed by atoms with Crippen molar-refractivity contribution < 1.29 is 13.5 Å². The van der Waals surface area contributed by atoms with Crippen LogP contribution in [0.3, 0.4) is 0 Å². The van der Waals surface area contributed by atoms with Gasteiger partial charge in [-0.3, -0.25) is 0 Å². The van der Waals surface area contributed by atoms with Crippen LogP contribution < -0.4 is 10.1 Å². The maximum Gasteiger partial charge on any atom is 0.200 e. The van der Waals surface area contributed by atoms with E-state index in [0.717, 1.165) is 25.5 Å². The molecule has 1 aliphatic heterocycles. The van der Waals surface area contributed by atoms with Gasteiger partial charge in [-0.15, -0.1) is 0 Å². The molecule has 2 rings (SSSR count). The van der Waals surface area contributed by atoms with Crippen LogP contribution in [0.1, 0.15) is 19.3 Å². The largest absolute Gasteiger partial charge is 0.489 e. The first-order valence-electron chi connectivity index (χ1n) is 5.57. The molecule has 1 saturated heterocycles. The Morgan fingerprint density at radius 1 is 1.31 bits per heavy atom. The fourth-order valence-corrected chi connectivity index (χ4v) is 1.85. The standard InChI is InChI=1S/C12H15F2NO/c13-10-5-3-6-11(12(10)14)16-8-9-4-1-2-7-15-9/h3,5-6,9,15H,1-2,4,7-8H2. The van der Waals surface area contributed by atoms with Gasteiger partial charge in [0.1, 0.15) is 6.61 Å². The molecule has 0 radical (unpaired) electrons. The van der Waals surface area contributed by atoms with Gasteiger partial charge in [0.2, 0.25) is 5.82 Å². The minimum absolute atomic E-state index is 0.00706. The fourth-order valence-electron chi connectivity index (χ4n) is 1.85. The van der Waals surface area contributed by atoms with Crippen LogP contribution in [-0.2, 0) is 0 Å². The van der Waals surface area contributed by atoms with Gasteiger partial charge in [0.05, 0.1) is 0 Å². The van der Waals surface area contributed by atoms with Gasteiger partial charge in [0, 0.05) is 6.04 Å². The van der Waals surface area contributed by atoms with E-state index in [-0.39, 0.29) is 11.8 Å². The molecule has 0 saturated carbocycles. The summed E-state index contributed by atoms with van der Waals surface area (Å²) in [6, 6.07) is 4.22. The average molecular weight is 227 g/mol. The molecule has 0 spiro atoms. The highest BCUT2D eigenvalue weighted by Gasteiger charge is 2.15. The highest BCUT2D eigenvalue weighted by molar-refractivity contribution is 5.25. The van der Waals surface area contributed by atoms with E-state index in [1.165, 1.54) is 18.6 Å². The zero-order valence-corrected chi connectivity index (χ0v) is 9.01. The summed E-state index contributed by atoms with van der Waals surface area (Å²) in [5.41, 5.74) is 0. The summed E-state index contributed by atoms with van der Waals surface area (Å²) in [6.45, 7) is 1.36. The predicted octanol–water partition coefficient (Wildman–Crippen LogP) is 2.49. The van der Waals surface area contributed by atoms with Crippen molar-refractivity contribution in [3.8, 4) is 5.75 Å². The molecule has 1 unspecified atom stereocenters. The highest BCUT2D eigenvalue weighted by Crippen LogP contribution is 2.19. The van der Waals surface area contributed by atoms with Crippen LogP contribution in [-0.4, -0.2) is 19.2 Å². The molecule has 88 valence electrons. The number of piperidine rings is 1. The van der Waals surface area contributed by atoms with E-state index in [2.05, 4.69) is 5.32 Å². The van der Waals surface area contributed by atoms with E-state index >= 15 is 0 Å². The van der Waals surface area contributed by atoms with E-state index in [1.807, 2.05) is 0 Å². The zero-order chi connectivity index (χ0) is 11.4. The van der Waals surface area contributed by atoms with Crippen LogP contribution in [0, 0.1) is 11.6 Å². The van der Waals surface area contributed by atoms with Crippen LogP contribution in [0.15, 0.2) is 18.2 Å². The number of benzene rings is 1. The normalized spacial score (nSPS) is 20.8. The van der Waals surface area contributed by atoms with Crippen molar-refractivity contribution in [1.29, 1.82) is 0 Å². The molecule has 0 amide bonds. The van der Waals surface area contributed by atoms with Crippen molar-refractivity contribution in [3.05, 3.63) is 29.8 Å². The lowest BCUT2D eigenvalue weighted by Crippen LogP contribution is -2.38. The first-order chi connectivity index (χ1) is 7.77. The van der Waals surface area contributed by atoms with Gasteiger partial charge < -0.3 is 10.1 Å². The van der Waals surface area contributed by atoms with Crippen molar-refractivity contribution in [2.75, 3.05) is 13.2 Å². The van der Waals surface area contributed by atoms with Crippen molar-refractivity contribution >= 4 is 0 Å². The molecule has 2 nitrogen and oxygen atoms in total. The Kier molecular flexibility index (Phi) is 3.72. The third-order valence-corrected chi connectivity index (χ3v) is 2.77. The Labute approximate surface area is 93.6 Å². The van der Waals surface area contributed by atoms with Crippen molar-refractivity contribution in [3.63, 3.8) is 0 Å². The first kappa shape index (κ1) is 11.3. The number of ether oxygens (including phenoxy) is 1. The molecule has 0 aromatic heterocycles. The first-order valence-corrected chi connectivity index (χ1v) is 5.57. The molecule has 1 aromatic carbocycles. The molecule has 1 aromatic rings. The molecular formula is C12H15F2NO. The Morgan fingerprint density at radius 2 is 2.19 bits per heavy atom. The smallest absolute Gasteiger partial charge is 0.200 e. The van der Waals surface area contributed by atoms with Crippen LogP contribution >= 0.6 is 0 Å². The lowest BCUT2D eigenvalue weighted by Gasteiger charge is -2.23. The van der Waals surface area contributed by atoms with Gasteiger partial charge in [0.15, 0.2) is 11.6 Å². The monoisotopic (exact) mass is 227 g/mol. The van der Waals surface area contributed by atoms with Gasteiger partial charge >= 0.3 is 0 Å². The van der Waals surface area contributed by atoms with Gasteiger partial charge in [0.25, 0.3) is 0 Å². The molecule has 4 heteroatoms. The van der Waals surface area contributed by atoms with Gasteiger partial charge in [-0.1, -0.05) is 12.5 Å². The minimum atomic E-state index is -0.904. The Balaban J connectivity index is 1.91.